The van der Waals surface area contributed by atoms with Gasteiger partial charge in [0.1, 0.15) is 11.9 Å². The molecule has 0 aliphatic carbocycles. The molecule has 164 valence electrons. The SMILES string of the molecule is NC1=NCc2cc(NC(=O)C(O)CC(=O)N(CCO)c3ccc4cccnc4c3)ccc21. The first-order chi connectivity index (χ1) is 15.5. The number of benzene rings is 2. The van der Waals surface area contributed by atoms with Crippen molar-refractivity contribution in [1.29, 1.82) is 0 Å². The first-order valence-corrected chi connectivity index (χ1v) is 10.1. The molecule has 4 rings (SSSR count). The molecule has 1 aliphatic rings. The summed E-state index contributed by atoms with van der Waals surface area (Å²) in [6.45, 7) is 0.190. The number of carbonyl (C=O) groups is 2. The summed E-state index contributed by atoms with van der Waals surface area (Å²) >= 11 is 0. The van der Waals surface area contributed by atoms with Crippen LogP contribution in [0, 0.1) is 0 Å². The number of amidine groups is 1. The largest absolute Gasteiger partial charge is 0.395 e. The van der Waals surface area contributed by atoms with Crippen molar-refractivity contribution in [3.05, 3.63) is 65.9 Å². The van der Waals surface area contributed by atoms with Gasteiger partial charge < -0.3 is 26.2 Å². The number of nitrogens with one attached hydrogen (secondary N) is 1. The van der Waals surface area contributed by atoms with Gasteiger partial charge in [0, 0.05) is 35.1 Å². The molecule has 32 heavy (non-hydrogen) atoms. The van der Waals surface area contributed by atoms with Crippen LogP contribution in [-0.4, -0.2) is 52.1 Å². The molecule has 0 fully saturated rings. The molecule has 1 aliphatic heterocycles. The van der Waals surface area contributed by atoms with Gasteiger partial charge in [-0.1, -0.05) is 12.1 Å². The van der Waals surface area contributed by atoms with E-state index in [1.807, 2.05) is 18.2 Å². The fourth-order valence-corrected chi connectivity index (χ4v) is 3.62. The molecule has 1 aromatic heterocycles. The minimum atomic E-state index is -1.56. The van der Waals surface area contributed by atoms with Gasteiger partial charge >= 0.3 is 0 Å². The average Bonchev–Trinajstić information content (AvgIpc) is 3.17. The summed E-state index contributed by atoms with van der Waals surface area (Å²) < 4.78 is 0. The fourth-order valence-electron chi connectivity index (χ4n) is 3.62. The van der Waals surface area contributed by atoms with Crippen LogP contribution in [0.25, 0.3) is 10.9 Å². The molecular weight excluding hydrogens is 410 g/mol. The molecule has 9 nitrogen and oxygen atoms in total. The van der Waals surface area contributed by atoms with Crippen LogP contribution in [-0.2, 0) is 16.1 Å². The third-order valence-electron chi connectivity index (χ3n) is 5.26. The normalized spacial score (nSPS) is 13.4. The van der Waals surface area contributed by atoms with Crippen LogP contribution in [0.4, 0.5) is 11.4 Å². The zero-order valence-electron chi connectivity index (χ0n) is 17.2. The Bertz CT molecular complexity index is 1210. The third-order valence-corrected chi connectivity index (χ3v) is 5.26. The monoisotopic (exact) mass is 433 g/mol. The minimum absolute atomic E-state index is 0.0256. The molecule has 2 heterocycles. The Hall–Kier alpha value is -3.82. The summed E-state index contributed by atoms with van der Waals surface area (Å²) in [6.07, 6.45) is -0.345. The number of anilines is 2. The number of nitrogens with two attached hydrogens (primary N) is 1. The standard InChI is InChI=1S/C23H23N5O4/c24-22-18-6-4-16(10-15(18)13-26-22)27-23(32)20(30)12-21(31)28(8-9-29)17-5-3-14-2-1-7-25-19(14)11-17/h1-7,10-11,20,29-30H,8-9,12-13H2,(H2,24,26)(H,27,32). The molecule has 2 aromatic carbocycles. The van der Waals surface area contributed by atoms with Gasteiger partial charge in [0.15, 0.2) is 0 Å². The highest BCUT2D eigenvalue weighted by Gasteiger charge is 2.24. The van der Waals surface area contributed by atoms with E-state index >= 15 is 0 Å². The van der Waals surface area contributed by atoms with Gasteiger partial charge in [-0.15, -0.1) is 0 Å². The van der Waals surface area contributed by atoms with E-state index in [9.17, 15) is 19.8 Å². The number of aliphatic hydroxyl groups excluding tert-OH is 2. The molecule has 0 spiro atoms. The van der Waals surface area contributed by atoms with Crippen LogP contribution in [0.2, 0.25) is 0 Å². The highest BCUT2D eigenvalue weighted by molar-refractivity contribution is 6.03. The molecule has 0 saturated heterocycles. The number of hydrogen-bond acceptors (Lipinski definition) is 7. The van der Waals surface area contributed by atoms with Gasteiger partial charge in [0.25, 0.3) is 5.91 Å². The zero-order valence-corrected chi connectivity index (χ0v) is 17.2. The van der Waals surface area contributed by atoms with Gasteiger partial charge in [-0.05, 0) is 42.0 Å². The van der Waals surface area contributed by atoms with Crippen LogP contribution in [0.1, 0.15) is 17.5 Å². The Kier molecular flexibility index (Phi) is 6.11. The predicted molar refractivity (Wildman–Crippen MR) is 121 cm³/mol. The number of carbonyl (C=O) groups excluding carboxylic acids is 2. The number of pyridine rings is 1. The minimum Gasteiger partial charge on any atom is -0.395 e. The molecule has 5 N–H and O–H groups in total. The van der Waals surface area contributed by atoms with E-state index in [1.54, 1.807) is 36.5 Å². The first-order valence-electron chi connectivity index (χ1n) is 10.1. The van der Waals surface area contributed by atoms with E-state index in [0.717, 1.165) is 16.5 Å². The van der Waals surface area contributed by atoms with Gasteiger partial charge in [-0.25, -0.2) is 0 Å². The van der Waals surface area contributed by atoms with Gasteiger partial charge in [-0.2, -0.15) is 0 Å². The lowest BCUT2D eigenvalue weighted by Gasteiger charge is -2.23. The lowest BCUT2D eigenvalue weighted by molar-refractivity contribution is -0.129. The van der Waals surface area contributed by atoms with Crippen LogP contribution >= 0.6 is 0 Å². The highest BCUT2D eigenvalue weighted by Crippen LogP contribution is 2.23. The van der Waals surface area contributed by atoms with E-state index < -0.39 is 24.3 Å². The Labute approximate surface area is 184 Å². The number of hydrogen-bond donors (Lipinski definition) is 4. The van der Waals surface area contributed by atoms with Crippen LogP contribution < -0.4 is 16.0 Å². The molecule has 0 saturated carbocycles. The van der Waals surface area contributed by atoms with Crippen molar-refractivity contribution in [2.24, 2.45) is 10.7 Å². The molecule has 2 amide bonds. The van der Waals surface area contributed by atoms with Crippen LogP contribution in [0.3, 0.4) is 0 Å². The zero-order chi connectivity index (χ0) is 22.7. The molecule has 1 unspecified atom stereocenters. The Morgan fingerprint density at radius 2 is 2.03 bits per heavy atom. The maximum atomic E-state index is 12.9. The van der Waals surface area contributed by atoms with E-state index in [-0.39, 0.29) is 13.2 Å². The summed E-state index contributed by atoms with van der Waals surface area (Å²) in [5.41, 5.74) is 9.20. The number of rotatable bonds is 7. The summed E-state index contributed by atoms with van der Waals surface area (Å²) in [5, 5.41) is 23.3. The molecule has 9 heteroatoms. The molecule has 3 aromatic rings. The summed E-state index contributed by atoms with van der Waals surface area (Å²) in [7, 11) is 0. The summed E-state index contributed by atoms with van der Waals surface area (Å²) in [4.78, 5) is 35.1. The Morgan fingerprint density at radius 3 is 2.84 bits per heavy atom. The summed E-state index contributed by atoms with van der Waals surface area (Å²) in [5.74, 6) is -0.738. The van der Waals surface area contributed by atoms with Crippen molar-refractivity contribution < 1.29 is 19.8 Å². The number of aliphatic imine (C=N–C) groups is 1. The van der Waals surface area contributed by atoms with Crippen molar-refractivity contribution in [2.75, 3.05) is 23.4 Å². The second-order valence-electron chi connectivity index (χ2n) is 7.43. The molecule has 0 radical (unpaired) electrons. The lowest BCUT2D eigenvalue weighted by Crippen LogP contribution is -2.39. The Balaban J connectivity index is 1.44. The van der Waals surface area contributed by atoms with Gasteiger partial charge in [0.05, 0.1) is 25.1 Å². The first kappa shape index (κ1) is 21.4. The summed E-state index contributed by atoms with van der Waals surface area (Å²) in [6, 6.07) is 14.2. The maximum Gasteiger partial charge on any atom is 0.253 e. The number of nitrogens with zero attached hydrogens (tertiary/aromatic N) is 3. The van der Waals surface area contributed by atoms with Crippen molar-refractivity contribution in [2.45, 2.75) is 19.1 Å². The van der Waals surface area contributed by atoms with E-state index in [4.69, 9.17) is 5.73 Å². The number of fused-ring (bicyclic) bond motifs is 2. The number of aromatic nitrogens is 1. The molecular formula is C23H23N5O4. The fraction of sp³-hybridized carbons (Fsp3) is 0.217. The third kappa shape index (κ3) is 4.43. The average molecular weight is 433 g/mol. The van der Waals surface area contributed by atoms with Gasteiger partial charge in [-0.3, -0.25) is 19.6 Å². The van der Waals surface area contributed by atoms with E-state index in [0.29, 0.717) is 29.3 Å². The number of amides is 2. The number of aliphatic hydroxyl groups is 2. The molecule has 1 atom stereocenters. The lowest BCUT2D eigenvalue weighted by atomic mass is 10.1. The second-order valence-corrected chi connectivity index (χ2v) is 7.43. The van der Waals surface area contributed by atoms with E-state index in [1.165, 1.54) is 4.90 Å². The van der Waals surface area contributed by atoms with Crippen molar-refractivity contribution in [1.82, 2.24) is 4.98 Å². The van der Waals surface area contributed by atoms with Gasteiger partial charge in [0.2, 0.25) is 5.91 Å². The quantitative estimate of drug-likeness (QED) is 0.441. The van der Waals surface area contributed by atoms with Crippen LogP contribution in [0.5, 0.6) is 0 Å². The maximum absolute atomic E-state index is 12.9. The van der Waals surface area contributed by atoms with E-state index in [2.05, 4.69) is 15.3 Å². The topological polar surface area (TPSA) is 141 Å². The molecule has 0 bridgehead atoms. The Morgan fingerprint density at radius 1 is 1.19 bits per heavy atom. The van der Waals surface area contributed by atoms with Crippen LogP contribution in [0.15, 0.2) is 59.7 Å². The van der Waals surface area contributed by atoms with Crippen molar-refractivity contribution in [3.8, 4) is 0 Å². The second kappa shape index (κ2) is 9.13. The van der Waals surface area contributed by atoms with Crippen molar-refractivity contribution in [3.63, 3.8) is 0 Å². The highest BCUT2D eigenvalue weighted by atomic mass is 16.3. The predicted octanol–water partition coefficient (Wildman–Crippen LogP) is 1.17. The smallest absolute Gasteiger partial charge is 0.253 e. The van der Waals surface area contributed by atoms with Crippen molar-refractivity contribution >= 4 is 39.9 Å².